The first kappa shape index (κ1) is 13.0. The highest BCUT2D eigenvalue weighted by Crippen LogP contribution is 2.27. The molecule has 0 aliphatic carbocycles. The van der Waals surface area contributed by atoms with Crippen LogP contribution < -0.4 is 4.74 Å². The van der Waals surface area contributed by atoms with Crippen molar-refractivity contribution in [2.75, 3.05) is 7.11 Å². The van der Waals surface area contributed by atoms with E-state index >= 15 is 0 Å². The zero-order valence-corrected chi connectivity index (χ0v) is 12.7. The largest absolute Gasteiger partial charge is 0.472 e. The van der Waals surface area contributed by atoms with E-state index in [1.807, 2.05) is 24.4 Å². The molecule has 0 aliphatic heterocycles. The van der Waals surface area contributed by atoms with E-state index in [9.17, 15) is 0 Å². The van der Waals surface area contributed by atoms with Gasteiger partial charge < -0.3 is 4.74 Å². The van der Waals surface area contributed by atoms with E-state index < -0.39 is 0 Å². The average molecular weight is 307 g/mol. The molecule has 4 aromatic rings. The summed E-state index contributed by atoms with van der Waals surface area (Å²) in [5, 5.41) is 4.91. The molecule has 2 heterocycles. The lowest BCUT2D eigenvalue weighted by Crippen LogP contribution is -1.84. The van der Waals surface area contributed by atoms with E-state index in [0.717, 1.165) is 16.2 Å². The molecule has 2 aromatic carbocycles. The maximum absolute atomic E-state index is 5.11. The predicted octanol–water partition coefficient (Wildman–Crippen LogP) is 4.13. The molecule has 0 spiro atoms. The van der Waals surface area contributed by atoms with Gasteiger partial charge in [-0.25, -0.2) is 9.50 Å². The van der Waals surface area contributed by atoms with Crippen molar-refractivity contribution in [2.45, 2.75) is 0 Å². The van der Waals surface area contributed by atoms with Crippen LogP contribution in [0.25, 0.3) is 27.3 Å². The lowest BCUT2D eigenvalue weighted by molar-refractivity contribution is 0.405. The molecule has 0 amide bonds. The van der Waals surface area contributed by atoms with Crippen LogP contribution in [0.1, 0.15) is 0 Å². The van der Waals surface area contributed by atoms with Gasteiger partial charge in [0.15, 0.2) is 0 Å². The molecule has 0 bridgehead atoms. The normalized spacial score (nSPS) is 11.0. The van der Waals surface area contributed by atoms with Crippen LogP contribution in [0, 0.1) is 0 Å². The van der Waals surface area contributed by atoms with Crippen molar-refractivity contribution in [1.82, 2.24) is 14.6 Å². The summed E-state index contributed by atoms with van der Waals surface area (Å²) >= 11 is 1.43. The summed E-state index contributed by atoms with van der Waals surface area (Å²) in [7, 11) is 1.61. The lowest BCUT2D eigenvalue weighted by Gasteiger charge is -2.02. The average Bonchev–Trinajstić information content (AvgIpc) is 3.14. The van der Waals surface area contributed by atoms with Crippen LogP contribution in [0.15, 0.2) is 60.8 Å². The molecule has 4 rings (SSSR count). The summed E-state index contributed by atoms with van der Waals surface area (Å²) in [4.78, 5) is 5.43. The number of nitrogens with zero attached hydrogens (tertiary/aromatic N) is 3. The highest BCUT2D eigenvalue weighted by molar-refractivity contribution is 7.18. The Bertz CT molecular complexity index is 879. The zero-order valence-electron chi connectivity index (χ0n) is 11.9. The van der Waals surface area contributed by atoms with Crippen molar-refractivity contribution in [3.05, 3.63) is 60.8 Å². The number of ether oxygens (including phenoxy) is 1. The smallest absolute Gasteiger partial charge is 0.294 e. The molecule has 2 aromatic heterocycles. The van der Waals surface area contributed by atoms with Gasteiger partial charge in [-0.3, -0.25) is 0 Å². The fraction of sp³-hybridized carbons (Fsp3) is 0.0588. The first-order valence-electron chi connectivity index (χ1n) is 6.89. The van der Waals surface area contributed by atoms with Gasteiger partial charge in [0.25, 0.3) is 5.19 Å². The van der Waals surface area contributed by atoms with Gasteiger partial charge in [-0.15, -0.1) is 5.10 Å². The van der Waals surface area contributed by atoms with Crippen molar-refractivity contribution in [3.8, 4) is 27.6 Å². The third-order valence-electron chi connectivity index (χ3n) is 3.49. The van der Waals surface area contributed by atoms with Crippen LogP contribution in [-0.2, 0) is 0 Å². The predicted molar refractivity (Wildman–Crippen MR) is 88.3 cm³/mol. The lowest BCUT2D eigenvalue weighted by atomic mass is 10.0. The van der Waals surface area contributed by atoms with E-state index in [1.54, 1.807) is 11.6 Å². The standard InChI is InChI=1S/C17H13N3OS/c1-21-17-19-20-11-15(18-16(20)22-17)14-9-7-13(8-10-14)12-5-3-2-4-6-12/h2-11H,1H3. The summed E-state index contributed by atoms with van der Waals surface area (Å²) in [6.07, 6.45) is 1.92. The highest BCUT2D eigenvalue weighted by Gasteiger charge is 2.09. The van der Waals surface area contributed by atoms with Crippen LogP contribution in [-0.4, -0.2) is 21.7 Å². The fourth-order valence-corrected chi connectivity index (χ4v) is 3.07. The monoisotopic (exact) mass is 307 g/mol. The number of hydrogen-bond donors (Lipinski definition) is 0. The van der Waals surface area contributed by atoms with E-state index in [4.69, 9.17) is 4.74 Å². The van der Waals surface area contributed by atoms with Gasteiger partial charge in [-0.2, -0.15) is 0 Å². The zero-order chi connectivity index (χ0) is 14.9. The maximum atomic E-state index is 5.11. The van der Waals surface area contributed by atoms with Gasteiger partial charge in [-0.05, 0) is 22.5 Å². The van der Waals surface area contributed by atoms with Gasteiger partial charge in [0.05, 0.1) is 19.0 Å². The Morgan fingerprint density at radius 2 is 1.59 bits per heavy atom. The van der Waals surface area contributed by atoms with Crippen molar-refractivity contribution < 1.29 is 4.74 Å². The number of hydrogen-bond acceptors (Lipinski definition) is 4. The summed E-state index contributed by atoms with van der Waals surface area (Å²) in [5.41, 5.74) is 4.41. The van der Waals surface area contributed by atoms with Gasteiger partial charge in [0.2, 0.25) is 4.96 Å². The van der Waals surface area contributed by atoms with Crippen LogP contribution in [0.2, 0.25) is 0 Å². The molecular formula is C17H13N3OS. The topological polar surface area (TPSA) is 39.4 Å². The minimum Gasteiger partial charge on any atom is -0.472 e. The van der Waals surface area contributed by atoms with Crippen molar-refractivity contribution in [1.29, 1.82) is 0 Å². The maximum Gasteiger partial charge on any atom is 0.294 e. The van der Waals surface area contributed by atoms with Crippen molar-refractivity contribution in [2.24, 2.45) is 0 Å². The molecule has 0 N–H and O–H groups in total. The van der Waals surface area contributed by atoms with Crippen LogP contribution >= 0.6 is 11.3 Å². The number of rotatable bonds is 3. The van der Waals surface area contributed by atoms with Gasteiger partial charge in [0.1, 0.15) is 0 Å². The van der Waals surface area contributed by atoms with E-state index in [0.29, 0.717) is 5.19 Å². The summed E-state index contributed by atoms with van der Waals surface area (Å²) in [5.74, 6) is 0. The summed E-state index contributed by atoms with van der Waals surface area (Å²) in [6, 6.07) is 18.8. The second kappa shape index (κ2) is 5.27. The molecule has 22 heavy (non-hydrogen) atoms. The minimum atomic E-state index is 0.619. The Balaban J connectivity index is 1.68. The highest BCUT2D eigenvalue weighted by atomic mass is 32.1. The molecular weight excluding hydrogens is 294 g/mol. The molecule has 4 nitrogen and oxygen atoms in total. The number of aromatic nitrogens is 3. The molecule has 0 atom stereocenters. The third-order valence-corrected chi connectivity index (χ3v) is 4.37. The fourth-order valence-electron chi connectivity index (χ4n) is 2.37. The molecule has 108 valence electrons. The van der Waals surface area contributed by atoms with E-state index in [-0.39, 0.29) is 0 Å². The van der Waals surface area contributed by atoms with Crippen molar-refractivity contribution >= 4 is 16.3 Å². The Morgan fingerprint density at radius 3 is 2.27 bits per heavy atom. The molecule has 0 saturated carbocycles. The van der Waals surface area contributed by atoms with Crippen LogP contribution in [0.4, 0.5) is 0 Å². The second-order valence-corrected chi connectivity index (χ2v) is 5.79. The molecule has 5 heteroatoms. The SMILES string of the molecule is COc1nn2cc(-c3ccc(-c4ccccc4)cc3)nc2s1. The molecule has 0 fully saturated rings. The molecule has 0 aliphatic rings. The van der Waals surface area contributed by atoms with E-state index in [2.05, 4.69) is 46.5 Å². The first-order valence-corrected chi connectivity index (χ1v) is 7.71. The quantitative estimate of drug-likeness (QED) is 0.571. The van der Waals surface area contributed by atoms with Crippen LogP contribution in [0.3, 0.4) is 0 Å². The Labute approximate surface area is 131 Å². The van der Waals surface area contributed by atoms with Crippen molar-refractivity contribution in [3.63, 3.8) is 0 Å². The second-order valence-electron chi connectivity index (χ2n) is 4.87. The number of benzene rings is 2. The molecule has 0 saturated heterocycles. The summed E-state index contributed by atoms with van der Waals surface area (Å²) < 4.78 is 6.87. The van der Waals surface area contributed by atoms with Crippen LogP contribution in [0.5, 0.6) is 5.19 Å². The minimum absolute atomic E-state index is 0.619. The summed E-state index contributed by atoms with van der Waals surface area (Å²) in [6.45, 7) is 0. The first-order chi connectivity index (χ1) is 10.8. The molecule has 0 radical (unpaired) electrons. The Hall–Kier alpha value is -2.66. The van der Waals surface area contributed by atoms with Gasteiger partial charge in [0, 0.05) is 5.56 Å². The Kier molecular flexibility index (Phi) is 3.12. The Morgan fingerprint density at radius 1 is 0.909 bits per heavy atom. The number of methoxy groups -OCH3 is 1. The van der Waals surface area contributed by atoms with E-state index in [1.165, 1.54) is 22.5 Å². The van der Waals surface area contributed by atoms with Gasteiger partial charge >= 0.3 is 0 Å². The molecule has 0 unspecified atom stereocenters. The van der Waals surface area contributed by atoms with Gasteiger partial charge in [-0.1, -0.05) is 54.6 Å². The number of fused-ring (bicyclic) bond motifs is 1. The third kappa shape index (κ3) is 2.25. The number of imidazole rings is 1.